The molecule has 0 amide bonds. The topological polar surface area (TPSA) is 66.4 Å². The van der Waals surface area contributed by atoms with Crippen molar-refractivity contribution in [2.24, 2.45) is 0 Å². The first kappa shape index (κ1) is 9.39. The smallest absolute Gasteiger partial charge is 0.341 e. The van der Waals surface area contributed by atoms with Crippen molar-refractivity contribution in [3.8, 4) is 0 Å². The van der Waals surface area contributed by atoms with Crippen molar-refractivity contribution < 1.29 is 19.7 Å². The molecule has 0 rings (SSSR count). The lowest BCUT2D eigenvalue weighted by Gasteiger charge is -2.08. The molecule has 0 aliphatic heterocycles. The van der Waals surface area contributed by atoms with E-state index in [1.807, 2.05) is 0 Å². The van der Waals surface area contributed by atoms with Crippen LogP contribution >= 0.6 is 0 Å². The monoisotopic (exact) mass is 147 g/mol. The summed E-state index contributed by atoms with van der Waals surface area (Å²) in [7, 11) is 0. The molecule has 0 aromatic carbocycles. The van der Waals surface area contributed by atoms with Gasteiger partial charge in [-0.3, -0.25) is 0 Å². The van der Waals surface area contributed by atoms with Crippen LogP contribution in [0.2, 0.25) is 0 Å². The zero-order chi connectivity index (χ0) is 8.15. The number of hydrogen-bond acceptors (Lipinski definition) is 3. The normalized spacial score (nSPS) is 16.0. The van der Waals surface area contributed by atoms with E-state index in [2.05, 4.69) is 4.74 Å². The third kappa shape index (κ3) is 2.80. The highest BCUT2D eigenvalue weighted by Gasteiger charge is 2.23. The van der Waals surface area contributed by atoms with Gasteiger partial charge in [0, 0.05) is 0 Å². The second kappa shape index (κ2) is 4.24. The highest BCUT2D eigenvalue weighted by atomic mass is 16.5. The Kier molecular flexibility index (Phi) is 3.99. The van der Waals surface area contributed by atoms with E-state index in [-0.39, 0.29) is 6.61 Å². The van der Waals surface area contributed by atoms with Crippen LogP contribution in [0.4, 0.5) is 0 Å². The van der Waals surface area contributed by atoms with E-state index in [0.29, 0.717) is 0 Å². The summed E-state index contributed by atoms with van der Waals surface area (Å²) >= 11 is 0. The van der Waals surface area contributed by atoms with Crippen molar-refractivity contribution in [3.05, 3.63) is 0 Å². The molecule has 0 aliphatic rings. The highest BCUT2D eigenvalue weighted by Crippen LogP contribution is 1.95. The van der Waals surface area contributed by atoms with Crippen LogP contribution in [0.3, 0.4) is 0 Å². The Morgan fingerprint density at radius 1 is 1.70 bits per heavy atom. The summed E-state index contributed by atoms with van der Waals surface area (Å²) in [6.07, 6.45) is -2.85. The van der Waals surface area contributed by atoms with E-state index < -0.39 is 18.2 Å². The molecule has 0 spiro atoms. The highest BCUT2D eigenvalue weighted by molar-refractivity contribution is 5.74. The van der Waals surface area contributed by atoms with Gasteiger partial charge in [-0.2, -0.15) is 0 Å². The fraction of sp³-hybridized carbons (Fsp3) is 0.833. The maximum atomic E-state index is 10.6. The molecule has 0 fully saturated rings. The zero-order valence-corrected chi connectivity index (χ0v) is 6.03. The molecule has 1 N–H and O–H groups in total. The fourth-order valence-electron chi connectivity index (χ4n) is 0.421. The van der Waals surface area contributed by atoms with Gasteiger partial charge in [-0.05, 0) is 13.8 Å². The number of hydrogen-bond donors (Lipinski definition) is 1. The van der Waals surface area contributed by atoms with E-state index in [0.717, 1.165) is 0 Å². The van der Waals surface area contributed by atoms with Crippen LogP contribution < -0.4 is 0 Å². The second-order valence-electron chi connectivity index (χ2n) is 1.91. The molecule has 10 heavy (non-hydrogen) atoms. The summed E-state index contributed by atoms with van der Waals surface area (Å²) in [6.45, 7) is 3.03. The van der Waals surface area contributed by atoms with E-state index in [4.69, 9.17) is 5.11 Å². The Bertz CT molecular complexity index is 110. The summed E-state index contributed by atoms with van der Waals surface area (Å²) in [5.74, 6) is -0.891. The van der Waals surface area contributed by atoms with Gasteiger partial charge >= 0.3 is 5.97 Å². The standard InChI is InChI=1S/C6H11O4/c1-3-10-6(9)5(8)4(2)7/h4-5,7H,3H2,1-2H3. The van der Waals surface area contributed by atoms with Crippen LogP contribution in [-0.2, 0) is 14.6 Å². The third-order valence-corrected chi connectivity index (χ3v) is 0.957. The Morgan fingerprint density at radius 2 is 2.20 bits per heavy atom. The third-order valence-electron chi connectivity index (χ3n) is 0.957. The van der Waals surface area contributed by atoms with Gasteiger partial charge in [-0.15, -0.1) is 0 Å². The minimum absolute atomic E-state index is 0.171. The van der Waals surface area contributed by atoms with Crippen LogP contribution in [-0.4, -0.2) is 29.9 Å². The maximum Gasteiger partial charge on any atom is 0.341 e. The van der Waals surface area contributed by atoms with Gasteiger partial charge in [-0.1, -0.05) is 0 Å². The molecular weight excluding hydrogens is 136 g/mol. The van der Waals surface area contributed by atoms with Crippen LogP contribution in [0.5, 0.6) is 0 Å². The summed E-state index contributed by atoms with van der Waals surface area (Å²) in [6, 6.07) is 0. The molecule has 0 bridgehead atoms. The molecule has 0 heterocycles. The lowest BCUT2D eigenvalue weighted by Crippen LogP contribution is -2.31. The summed E-state index contributed by atoms with van der Waals surface area (Å²) < 4.78 is 4.35. The molecule has 0 aromatic rings. The SMILES string of the molecule is CCOC(=O)C([O])C(C)O. The summed E-state index contributed by atoms with van der Waals surface area (Å²) in [4.78, 5) is 10.5. The first-order chi connectivity index (χ1) is 4.59. The van der Waals surface area contributed by atoms with Gasteiger partial charge in [0.1, 0.15) is 0 Å². The Balaban J connectivity index is 3.71. The average Bonchev–Trinajstić information content (AvgIpc) is 1.87. The van der Waals surface area contributed by atoms with Gasteiger partial charge < -0.3 is 9.84 Å². The fourth-order valence-corrected chi connectivity index (χ4v) is 0.421. The van der Waals surface area contributed by atoms with Crippen molar-refractivity contribution in [2.45, 2.75) is 26.1 Å². The molecule has 4 nitrogen and oxygen atoms in total. The average molecular weight is 147 g/mol. The Morgan fingerprint density at radius 3 is 2.50 bits per heavy atom. The molecule has 2 atom stereocenters. The zero-order valence-electron chi connectivity index (χ0n) is 6.03. The van der Waals surface area contributed by atoms with E-state index >= 15 is 0 Å². The van der Waals surface area contributed by atoms with Crippen molar-refractivity contribution in [1.82, 2.24) is 0 Å². The van der Waals surface area contributed by atoms with Gasteiger partial charge in [0.2, 0.25) is 6.10 Å². The molecule has 59 valence electrons. The molecule has 0 saturated carbocycles. The van der Waals surface area contributed by atoms with E-state index in [9.17, 15) is 9.90 Å². The largest absolute Gasteiger partial charge is 0.464 e. The number of esters is 1. The predicted molar refractivity (Wildman–Crippen MR) is 32.8 cm³/mol. The van der Waals surface area contributed by atoms with Gasteiger partial charge in [0.15, 0.2) is 0 Å². The van der Waals surface area contributed by atoms with Crippen molar-refractivity contribution in [3.63, 3.8) is 0 Å². The Hall–Kier alpha value is -0.610. The van der Waals surface area contributed by atoms with Crippen molar-refractivity contribution >= 4 is 5.97 Å². The second-order valence-corrected chi connectivity index (χ2v) is 1.91. The van der Waals surface area contributed by atoms with Crippen LogP contribution in [0.25, 0.3) is 0 Å². The molecule has 0 aliphatic carbocycles. The van der Waals surface area contributed by atoms with Gasteiger partial charge in [0.05, 0.1) is 12.7 Å². The summed E-state index contributed by atoms with van der Waals surface area (Å²) in [5.41, 5.74) is 0. The lowest BCUT2D eigenvalue weighted by molar-refractivity contribution is -0.163. The van der Waals surface area contributed by atoms with Crippen LogP contribution in [0.1, 0.15) is 13.8 Å². The first-order valence-corrected chi connectivity index (χ1v) is 3.10. The molecule has 1 radical (unpaired) electrons. The number of aliphatic hydroxyl groups is 1. The van der Waals surface area contributed by atoms with Gasteiger partial charge in [0.25, 0.3) is 0 Å². The Labute approximate surface area is 59.4 Å². The quantitative estimate of drug-likeness (QED) is 0.559. The lowest BCUT2D eigenvalue weighted by atomic mass is 10.2. The number of carbonyl (C=O) groups is 1. The molecule has 2 unspecified atom stereocenters. The molecule has 0 saturated heterocycles. The molecular formula is C6H11O4. The number of ether oxygens (including phenoxy) is 1. The minimum atomic E-state index is -1.67. The number of aliphatic hydroxyl groups excluding tert-OH is 1. The van der Waals surface area contributed by atoms with Gasteiger partial charge in [-0.25, -0.2) is 9.90 Å². The van der Waals surface area contributed by atoms with Crippen LogP contribution in [0.15, 0.2) is 0 Å². The predicted octanol–water partition coefficient (Wildman–Crippen LogP) is -0.271. The van der Waals surface area contributed by atoms with E-state index in [1.54, 1.807) is 6.92 Å². The maximum absolute atomic E-state index is 10.6. The van der Waals surface area contributed by atoms with Crippen molar-refractivity contribution in [1.29, 1.82) is 0 Å². The van der Waals surface area contributed by atoms with Crippen molar-refractivity contribution in [2.75, 3.05) is 6.61 Å². The number of rotatable bonds is 3. The molecule has 4 heteroatoms. The minimum Gasteiger partial charge on any atom is -0.464 e. The summed E-state index contributed by atoms with van der Waals surface area (Å²) in [5, 5.41) is 19.2. The number of carbonyl (C=O) groups excluding carboxylic acids is 1. The first-order valence-electron chi connectivity index (χ1n) is 3.10. The van der Waals surface area contributed by atoms with Crippen LogP contribution in [0, 0.1) is 0 Å². The molecule has 0 aromatic heterocycles. The van der Waals surface area contributed by atoms with E-state index in [1.165, 1.54) is 6.92 Å².